The Balaban J connectivity index is 2.95. The van der Waals surface area contributed by atoms with E-state index in [-0.39, 0.29) is 18.8 Å². The quantitative estimate of drug-likeness (QED) is 0.640. The Morgan fingerprint density at radius 2 is 2.06 bits per heavy atom. The van der Waals surface area contributed by atoms with Gasteiger partial charge in [-0.05, 0) is 23.4 Å². The first kappa shape index (κ1) is 13.6. The van der Waals surface area contributed by atoms with Gasteiger partial charge in [-0.2, -0.15) is 0 Å². The Kier molecular flexibility index (Phi) is 5.03. The van der Waals surface area contributed by atoms with Crippen LogP contribution in [0.15, 0.2) is 23.1 Å². The fourth-order valence-electron chi connectivity index (χ4n) is 1.48. The zero-order valence-electron chi connectivity index (χ0n) is 9.73. The van der Waals surface area contributed by atoms with Crippen molar-refractivity contribution in [2.45, 2.75) is 17.7 Å². The van der Waals surface area contributed by atoms with Crippen molar-refractivity contribution < 1.29 is 19.4 Å². The monoisotopic (exact) mass is 254 g/mol. The van der Waals surface area contributed by atoms with Crippen LogP contribution in [0, 0.1) is 0 Å². The van der Waals surface area contributed by atoms with Crippen LogP contribution in [-0.4, -0.2) is 30.4 Å². The number of carboxylic acid groups (broad SMARTS) is 1. The number of rotatable bonds is 5. The van der Waals surface area contributed by atoms with Gasteiger partial charge in [-0.15, -0.1) is 11.8 Å². The first-order valence-corrected chi connectivity index (χ1v) is 6.23. The number of esters is 1. The van der Waals surface area contributed by atoms with Gasteiger partial charge in [-0.3, -0.25) is 9.59 Å². The van der Waals surface area contributed by atoms with E-state index in [4.69, 9.17) is 5.11 Å². The number of benzene rings is 1. The number of carboxylic acids is 1. The van der Waals surface area contributed by atoms with Gasteiger partial charge in [0.1, 0.15) is 0 Å². The minimum absolute atomic E-state index is 0.0365. The van der Waals surface area contributed by atoms with Crippen LogP contribution in [-0.2, 0) is 27.2 Å². The highest BCUT2D eigenvalue weighted by atomic mass is 32.2. The molecule has 0 unspecified atom stereocenters. The zero-order valence-corrected chi connectivity index (χ0v) is 10.5. The summed E-state index contributed by atoms with van der Waals surface area (Å²) in [5, 5.41) is 8.80. The maximum atomic E-state index is 11.1. The molecule has 0 saturated carbocycles. The lowest BCUT2D eigenvalue weighted by Gasteiger charge is -2.07. The molecule has 1 aromatic rings. The smallest absolute Gasteiger partial charge is 0.309 e. The second-order valence-corrected chi connectivity index (χ2v) is 4.32. The topological polar surface area (TPSA) is 63.6 Å². The van der Waals surface area contributed by atoms with Gasteiger partial charge in [0.25, 0.3) is 0 Å². The molecule has 0 aliphatic heterocycles. The van der Waals surface area contributed by atoms with Crippen LogP contribution in [0.1, 0.15) is 11.1 Å². The van der Waals surface area contributed by atoms with Crippen LogP contribution in [0.25, 0.3) is 0 Å². The number of carbonyl (C=O) groups excluding carboxylic acids is 1. The Labute approximate surface area is 104 Å². The molecular weight excluding hydrogens is 240 g/mol. The summed E-state index contributed by atoms with van der Waals surface area (Å²) in [7, 11) is 1.33. The van der Waals surface area contributed by atoms with E-state index in [2.05, 4.69) is 4.74 Å². The van der Waals surface area contributed by atoms with E-state index in [0.29, 0.717) is 0 Å². The van der Waals surface area contributed by atoms with E-state index in [0.717, 1.165) is 16.0 Å². The van der Waals surface area contributed by atoms with Crippen molar-refractivity contribution in [3.8, 4) is 0 Å². The second-order valence-electron chi connectivity index (χ2n) is 3.47. The molecule has 0 spiro atoms. The van der Waals surface area contributed by atoms with Crippen LogP contribution in [0.2, 0.25) is 0 Å². The van der Waals surface area contributed by atoms with E-state index >= 15 is 0 Å². The normalized spacial score (nSPS) is 10.0. The van der Waals surface area contributed by atoms with E-state index in [1.165, 1.54) is 18.9 Å². The molecule has 0 aromatic heterocycles. The minimum Gasteiger partial charge on any atom is -0.481 e. The van der Waals surface area contributed by atoms with Crippen molar-refractivity contribution >= 4 is 23.7 Å². The molecule has 1 rings (SSSR count). The van der Waals surface area contributed by atoms with Crippen molar-refractivity contribution in [1.29, 1.82) is 0 Å². The molecule has 0 heterocycles. The molecule has 0 amide bonds. The Hall–Kier alpha value is -1.49. The van der Waals surface area contributed by atoms with Gasteiger partial charge in [0, 0.05) is 4.90 Å². The molecule has 0 bridgehead atoms. The summed E-state index contributed by atoms with van der Waals surface area (Å²) in [4.78, 5) is 22.8. The van der Waals surface area contributed by atoms with Crippen molar-refractivity contribution in [2.75, 3.05) is 13.4 Å². The molecule has 17 heavy (non-hydrogen) atoms. The summed E-state index contributed by atoms with van der Waals surface area (Å²) in [6.45, 7) is 0. The van der Waals surface area contributed by atoms with E-state index in [1.54, 1.807) is 6.07 Å². The number of ether oxygens (including phenoxy) is 1. The zero-order chi connectivity index (χ0) is 12.8. The van der Waals surface area contributed by atoms with Crippen molar-refractivity contribution in [1.82, 2.24) is 0 Å². The molecule has 0 atom stereocenters. The van der Waals surface area contributed by atoms with Gasteiger partial charge >= 0.3 is 11.9 Å². The Morgan fingerprint density at radius 1 is 1.35 bits per heavy atom. The van der Waals surface area contributed by atoms with Gasteiger partial charge in [-0.25, -0.2) is 0 Å². The van der Waals surface area contributed by atoms with Gasteiger partial charge in [-0.1, -0.05) is 12.1 Å². The molecular formula is C12H14O4S. The van der Waals surface area contributed by atoms with Gasteiger partial charge in [0.2, 0.25) is 0 Å². The number of hydrogen-bond acceptors (Lipinski definition) is 4. The number of carbonyl (C=O) groups is 2. The maximum Gasteiger partial charge on any atom is 0.309 e. The lowest BCUT2D eigenvalue weighted by molar-refractivity contribution is -0.140. The molecule has 0 aliphatic carbocycles. The Bertz CT molecular complexity index is 429. The Morgan fingerprint density at radius 3 is 2.59 bits per heavy atom. The highest BCUT2D eigenvalue weighted by Crippen LogP contribution is 2.22. The SMILES string of the molecule is COC(=O)Cc1ccc(SC)c(CC(=O)O)c1. The summed E-state index contributed by atoms with van der Waals surface area (Å²) in [5.74, 6) is -1.21. The third kappa shape index (κ3) is 4.11. The predicted molar refractivity (Wildman–Crippen MR) is 65.3 cm³/mol. The number of aliphatic carboxylic acids is 1. The highest BCUT2D eigenvalue weighted by Gasteiger charge is 2.09. The van der Waals surface area contributed by atoms with E-state index in [9.17, 15) is 9.59 Å². The van der Waals surface area contributed by atoms with E-state index < -0.39 is 5.97 Å². The molecule has 4 nitrogen and oxygen atoms in total. The average molecular weight is 254 g/mol. The summed E-state index contributed by atoms with van der Waals surface area (Å²) in [6.07, 6.45) is 2.02. The number of hydrogen-bond donors (Lipinski definition) is 1. The lowest BCUT2D eigenvalue weighted by atomic mass is 10.1. The molecule has 0 saturated heterocycles. The third-order valence-corrected chi connectivity index (χ3v) is 3.10. The second kappa shape index (κ2) is 6.30. The van der Waals surface area contributed by atoms with Crippen LogP contribution < -0.4 is 0 Å². The molecule has 1 N–H and O–H groups in total. The maximum absolute atomic E-state index is 11.1. The predicted octanol–water partition coefficient (Wildman–Crippen LogP) is 1.75. The largest absolute Gasteiger partial charge is 0.481 e. The standard InChI is InChI=1S/C12H14O4S/c1-16-12(15)6-8-3-4-10(17-2)9(5-8)7-11(13)14/h3-5H,6-7H2,1-2H3,(H,13,14). The highest BCUT2D eigenvalue weighted by molar-refractivity contribution is 7.98. The third-order valence-electron chi connectivity index (χ3n) is 2.26. The fourth-order valence-corrected chi connectivity index (χ4v) is 2.08. The fraction of sp³-hybridized carbons (Fsp3) is 0.333. The van der Waals surface area contributed by atoms with Crippen molar-refractivity contribution in [2.24, 2.45) is 0 Å². The molecule has 92 valence electrons. The number of methoxy groups -OCH3 is 1. The van der Waals surface area contributed by atoms with Gasteiger partial charge in [0.15, 0.2) is 0 Å². The average Bonchev–Trinajstić information content (AvgIpc) is 2.28. The summed E-state index contributed by atoms with van der Waals surface area (Å²) in [6, 6.07) is 5.40. The van der Waals surface area contributed by atoms with E-state index in [1.807, 2.05) is 18.4 Å². The minimum atomic E-state index is -0.879. The van der Waals surface area contributed by atoms with Crippen LogP contribution in [0.3, 0.4) is 0 Å². The van der Waals surface area contributed by atoms with Crippen LogP contribution >= 0.6 is 11.8 Å². The molecule has 0 aliphatic rings. The van der Waals surface area contributed by atoms with Crippen molar-refractivity contribution in [3.05, 3.63) is 29.3 Å². The van der Waals surface area contributed by atoms with Crippen molar-refractivity contribution in [3.63, 3.8) is 0 Å². The van der Waals surface area contributed by atoms with Gasteiger partial charge in [0.05, 0.1) is 20.0 Å². The lowest BCUT2D eigenvalue weighted by Crippen LogP contribution is -2.06. The first-order valence-electron chi connectivity index (χ1n) is 5.01. The summed E-state index contributed by atoms with van der Waals surface area (Å²) < 4.78 is 4.57. The molecule has 5 heteroatoms. The van der Waals surface area contributed by atoms with Crippen LogP contribution in [0.4, 0.5) is 0 Å². The molecule has 0 fully saturated rings. The molecule has 1 aromatic carbocycles. The molecule has 0 radical (unpaired) electrons. The summed E-state index contributed by atoms with van der Waals surface area (Å²) in [5.41, 5.74) is 1.50. The van der Waals surface area contributed by atoms with Crippen LogP contribution in [0.5, 0.6) is 0 Å². The number of thioether (sulfide) groups is 1. The van der Waals surface area contributed by atoms with Gasteiger partial charge < -0.3 is 9.84 Å². The summed E-state index contributed by atoms with van der Waals surface area (Å²) >= 11 is 1.49. The first-order chi connectivity index (χ1) is 8.06.